The third-order valence-corrected chi connectivity index (χ3v) is 3.40. The number of likely N-dealkylation sites (N-methyl/N-ethyl adjacent to an activating group) is 1. The van der Waals surface area contributed by atoms with Gasteiger partial charge in [-0.3, -0.25) is 4.90 Å². The van der Waals surface area contributed by atoms with Gasteiger partial charge in [-0.05, 0) is 47.8 Å². The third-order valence-electron chi connectivity index (χ3n) is 3.40. The molecule has 1 rings (SSSR count). The molecule has 0 aromatic carbocycles. The lowest BCUT2D eigenvalue weighted by Crippen LogP contribution is -2.48. The van der Waals surface area contributed by atoms with Gasteiger partial charge in [-0.15, -0.1) is 0 Å². The Hall–Kier alpha value is -0.120. The summed E-state index contributed by atoms with van der Waals surface area (Å²) in [6.45, 7) is 11.6. The summed E-state index contributed by atoms with van der Waals surface area (Å²) in [5.41, 5.74) is 0.341. The van der Waals surface area contributed by atoms with Crippen LogP contribution in [-0.2, 0) is 0 Å². The molecule has 90 valence electrons. The molecule has 1 heterocycles. The fourth-order valence-electron chi connectivity index (χ4n) is 2.14. The molecule has 1 atom stereocenters. The van der Waals surface area contributed by atoms with Crippen molar-refractivity contribution in [2.75, 3.05) is 40.3 Å². The van der Waals surface area contributed by atoms with E-state index in [0.717, 1.165) is 13.1 Å². The Morgan fingerprint density at radius 2 is 2.07 bits per heavy atom. The Kier molecular flexibility index (Phi) is 4.56. The molecule has 1 aliphatic heterocycles. The molecule has 0 spiro atoms. The summed E-state index contributed by atoms with van der Waals surface area (Å²) < 4.78 is 0. The molecule has 0 bridgehead atoms. The molecule has 0 aromatic heterocycles. The van der Waals surface area contributed by atoms with Gasteiger partial charge in [-0.1, -0.05) is 0 Å². The zero-order chi connectivity index (χ0) is 11.5. The lowest BCUT2D eigenvalue weighted by molar-refractivity contribution is 0.111. The van der Waals surface area contributed by atoms with Crippen LogP contribution in [0.15, 0.2) is 0 Å². The van der Waals surface area contributed by atoms with Crippen LogP contribution < -0.4 is 5.32 Å². The van der Waals surface area contributed by atoms with Crippen molar-refractivity contribution in [1.82, 2.24) is 15.1 Å². The summed E-state index contributed by atoms with van der Waals surface area (Å²) in [7, 11) is 4.29. The summed E-state index contributed by atoms with van der Waals surface area (Å²) in [6.07, 6.45) is 1.24. The van der Waals surface area contributed by atoms with Crippen molar-refractivity contribution in [2.24, 2.45) is 0 Å². The van der Waals surface area contributed by atoms with E-state index in [1.807, 2.05) is 0 Å². The molecular formula is C12H27N3. The first kappa shape index (κ1) is 12.9. The summed E-state index contributed by atoms with van der Waals surface area (Å²) >= 11 is 0. The second-order valence-electron chi connectivity index (χ2n) is 5.67. The number of nitrogens with zero attached hydrogens (tertiary/aromatic N) is 2. The Balaban J connectivity index is 2.54. The predicted molar refractivity (Wildman–Crippen MR) is 66.3 cm³/mol. The fourth-order valence-corrected chi connectivity index (χ4v) is 2.14. The van der Waals surface area contributed by atoms with Crippen molar-refractivity contribution in [1.29, 1.82) is 0 Å². The van der Waals surface area contributed by atoms with Crippen LogP contribution in [-0.4, -0.2) is 61.7 Å². The van der Waals surface area contributed by atoms with Crippen LogP contribution in [0.5, 0.6) is 0 Å². The molecule has 15 heavy (non-hydrogen) atoms. The molecule has 1 aliphatic rings. The van der Waals surface area contributed by atoms with Crippen molar-refractivity contribution < 1.29 is 0 Å². The van der Waals surface area contributed by atoms with Crippen LogP contribution in [0.2, 0.25) is 0 Å². The number of hydrogen-bond acceptors (Lipinski definition) is 3. The average molecular weight is 213 g/mol. The van der Waals surface area contributed by atoms with Crippen LogP contribution in [0.25, 0.3) is 0 Å². The maximum absolute atomic E-state index is 3.56. The largest absolute Gasteiger partial charge is 0.313 e. The van der Waals surface area contributed by atoms with Crippen molar-refractivity contribution in [3.63, 3.8) is 0 Å². The maximum Gasteiger partial charge on any atom is 0.0166 e. The fraction of sp³-hybridized carbons (Fsp3) is 1.00. The highest BCUT2D eigenvalue weighted by atomic mass is 15.2. The minimum absolute atomic E-state index is 0.341. The SMILES string of the molecule is CC1CN(CCN(C)C)C(C)(C)CCN1. The van der Waals surface area contributed by atoms with Crippen molar-refractivity contribution in [2.45, 2.75) is 38.8 Å². The summed E-state index contributed by atoms with van der Waals surface area (Å²) in [5.74, 6) is 0. The smallest absolute Gasteiger partial charge is 0.0166 e. The van der Waals surface area contributed by atoms with Gasteiger partial charge in [0, 0.05) is 31.2 Å². The van der Waals surface area contributed by atoms with Gasteiger partial charge < -0.3 is 10.2 Å². The first-order chi connectivity index (χ1) is 6.92. The van der Waals surface area contributed by atoms with Gasteiger partial charge in [0.2, 0.25) is 0 Å². The van der Waals surface area contributed by atoms with Gasteiger partial charge in [0.15, 0.2) is 0 Å². The summed E-state index contributed by atoms with van der Waals surface area (Å²) in [5, 5.41) is 3.56. The molecule has 3 heteroatoms. The Labute approximate surface area is 94.8 Å². The summed E-state index contributed by atoms with van der Waals surface area (Å²) in [4.78, 5) is 4.89. The minimum atomic E-state index is 0.341. The topological polar surface area (TPSA) is 18.5 Å². The van der Waals surface area contributed by atoms with Gasteiger partial charge in [-0.25, -0.2) is 0 Å². The van der Waals surface area contributed by atoms with E-state index in [4.69, 9.17) is 0 Å². The van der Waals surface area contributed by atoms with E-state index in [9.17, 15) is 0 Å². The van der Waals surface area contributed by atoms with E-state index >= 15 is 0 Å². The van der Waals surface area contributed by atoms with Crippen LogP contribution >= 0.6 is 0 Å². The lowest BCUT2D eigenvalue weighted by Gasteiger charge is -2.38. The van der Waals surface area contributed by atoms with Crippen molar-refractivity contribution in [3.8, 4) is 0 Å². The van der Waals surface area contributed by atoms with Gasteiger partial charge >= 0.3 is 0 Å². The second kappa shape index (κ2) is 5.28. The normalized spacial score (nSPS) is 28.0. The van der Waals surface area contributed by atoms with Crippen LogP contribution in [0.1, 0.15) is 27.2 Å². The van der Waals surface area contributed by atoms with E-state index < -0.39 is 0 Å². The third kappa shape index (κ3) is 4.09. The zero-order valence-electron chi connectivity index (χ0n) is 11.0. The van der Waals surface area contributed by atoms with Gasteiger partial charge in [-0.2, -0.15) is 0 Å². The van der Waals surface area contributed by atoms with E-state index in [0.29, 0.717) is 11.6 Å². The predicted octanol–water partition coefficient (Wildman–Crippen LogP) is 1.01. The molecule has 1 fully saturated rings. The maximum atomic E-state index is 3.56. The van der Waals surface area contributed by atoms with Gasteiger partial charge in [0.05, 0.1) is 0 Å². The first-order valence-electron chi connectivity index (χ1n) is 6.05. The first-order valence-corrected chi connectivity index (χ1v) is 6.05. The molecule has 1 N–H and O–H groups in total. The molecule has 0 amide bonds. The Morgan fingerprint density at radius 1 is 1.40 bits per heavy atom. The number of hydrogen-bond donors (Lipinski definition) is 1. The van der Waals surface area contributed by atoms with Crippen LogP contribution in [0.4, 0.5) is 0 Å². The molecule has 0 saturated carbocycles. The number of rotatable bonds is 3. The van der Waals surface area contributed by atoms with Gasteiger partial charge in [0.25, 0.3) is 0 Å². The van der Waals surface area contributed by atoms with E-state index in [2.05, 4.69) is 50.0 Å². The molecule has 1 unspecified atom stereocenters. The second-order valence-corrected chi connectivity index (χ2v) is 5.67. The van der Waals surface area contributed by atoms with E-state index in [1.165, 1.54) is 19.5 Å². The Bertz CT molecular complexity index is 189. The highest BCUT2D eigenvalue weighted by molar-refractivity contribution is 4.88. The highest BCUT2D eigenvalue weighted by Crippen LogP contribution is 2.20. The molecule has 3 nitrogen and oxygen atoms in total. The van der Waals surface area contributed by atoms with Crippen LogP contribution in [0.3, 0.4) is 0 Å². The quantitative estimate of drug-likeness (QED) is 0.755. The van der Waals surface area contributed by atoms with Crippen molar-refractivity contribution in [3.05, 3.63) is 0 Å². The van der Waals surface area contributed by atoms with Gasteiger partial charge in [0.1, 0.15) is 0 Å². The summed E-state index contributed by atoms with van der Waals surface area (Å²) in [6, 6.07) is 0.619. The lowest BCUT2D eigenvalue weighted by atomic mass is 9.98. The van der Waals surface area contributed by atoms with Crippen molar-refractivity contribution >= 4 is 0 Å². The highest BCUT2D eigenvalue weighted by Gasteiger charge is 2.29. The zero-order valence-corrected chi connectivity index (χ0v) is 11.0. The minimum Gasteiger partial charge on any atom is -0.313 e. The molecular weight excluding hydrogens is 186 g/mol. The standard InChI is InChI=1S/C12H27N3/c1-11-10-15(9-8-14(4)5)12(2,3)6-7-13-11/h11,13H,6-10H2,1-5H3. The monoisotopic (exact) mass is 213 g/mol. The number of nitrogens with one attached hydrogen (secondary N) is 1. The van der Waals surface area contributed by atoms with E-state index in [-0.39, 0.29) is 0 Å². The average Bonchev–Trinajstić information content (AvgIpc) is 2.22. The molecule has 0 aromatic rings. The van der Waals surface area contributed by atoms with Crippen LogP contribution in [0, 0.1) is 0 Å². The molecule has 0 aliphatic carbocycles. The van der Waals surface area contributed by atoms with E-state index in [1.54, 1.807) is 0 Å². The Morgan fingerprint density at radius 3 is 2.67 bits per heavy atom. The molecule has 1 saturated heterocycles. The molecule has 0 radical (unpaired) electrons.